The van der Waals surface area contributed by atoms with E-state index in [0.717, 1.165) is 4.90 Å². The second kappa shape index (κ2) is 7.52. The molecular weight excluding hydrogens is 328 g/mol. The first kappa shape index (κ1) is 18.7. The highest BCUT2D eigenvalue weighted by atomic mass is 16.7. The van der Waals surface area contributed by atoms with Gasteiger partial charge in [-0.2, -0.15) is 0 Å². The van der Waals surface area contributed by atoms with Crippen LogP contribution >= 0.6 is 0 Å². The second-order valence-corrected chi connectivity index (χ2v) is 6.66. The molecule has 8 heteroatoms. The maximum atomic E-state index is 12.2. The molecule has 0 spiro atoms. The number of hydroxylamine groups is 2. The van der Waals surface area contributed by atoms with Gasteiger partial charge in [-0.3, -0.25) is 4.90 Å². The minimum Gasteiger partial charge on any atom is -0.480 e. The number of nitrogens with zero attached hydrogens (tertiary/aromatic N) is 2. The van der Waals surface area contributed by atoms with E-state index in [9.17, 15) is 19.5 Å². The van der Waals surface area contributed by atoms with E-state index < -0.39 is 29.7 Å². The maximum Gasteiger partial charge on any atom is 0.411 e. The van der Waals surface area contributed by atoms with Crippen LogP contribution in [-0.4, -0.2) is 64.4 Å². The molecule has 1 aliphatic heterocycles. The number of hydrogen-bond acceptors (Lipinski definition) is 6. The van der Waals surface area contributed by atoms with E-state index in [1.54, 1.807) is 51.1 Å². The quantitative estimate of drug-likeness (QED) is 0.887. The Morgan fingerprint density at radius 2 is 1.76 bits per heavy atom. The molecule has 0 unspecified atom stereocenters. The highest BCUT2D eigenvalue weighted by Crippen LogP contribution is 2.17. The van der Waals surface area contributed by atoms with Crippen LogP contribution in [0.2, 0.25) is 0 Å². The summed E-state index contributed by atoms with van der Waals surface area (Å²) in [6.07, 6.45) is -0.700. The average Bonchev–Trinajstić information content (AvgIpc) is 2.53. The van der Waals surface area contributed by atoms with Crippen LogP contribution < -0.4 is 0 Å². The monoisotopic (exact) mass is 350 g/mol. The highest BCUT2D eigenvalue weighted by molar-refractivity contribution is 5.89. The second-order valence-electron chi connectivity index (χ2n) is 6.66. The molecule has 0 aliphatic carbocycles. The molecule has 0 saturated carbocycles. The lowest BCUT2D eigenvalue weighted by Crippen LogP contribution is -2.59. The number of piperazine rings is 1. The molecule has 1 aliphatic rings. The lowest BCUT2D eigenvalue weighted by atomic mass is 10.2. The van der Waals surface area contributed by atoms with E-state index in [1.165, 1.54) is 5.06 Å². The van der Waals surface area contributed by atoms with E-state index >= 15 is 0 Å². The zero-order chi connectivity index (χ0) is 18.6. The smallest absolute Gasteiger partial charge is 0.411 e. The number of carbonyl (C=O) groups is 3. The van der Waals surface area contributed by atoms with Crippen molar-refractivity contribution in [3.8, 4) is 0 Å². The molecule has 1 aromatic carbocycles. The molecular formula is C17H22N2O6. The molecule has 0 radical (unpaired) electrons. The van der Waals surface area contributed by atoms with Crippen molar-refractivity contribution in [1.29, 1.82) is 0 Å². The van der Waals surface area contributed by atoms with Crippen LogP contribution in [0.4, 0.5) is 4.79 Å². The predicted molar refractivity (Wildman–Crippen MR) is 87.8 cm³/mol. The summed E-state index contributed by atoms with van der Waals surface area (Å²) in [6, 6.07) is 7.24. The fraction of sp³-hybridized carbons (Fsp3) is 0.471. The zero-order valence-corrected chi connectivity index (χ0v) is 14.5. The van der Waals surface area contributed by atoms with Crippen molar-refractivity contribution in [3.63, 3.8) is 0 Å². The van der Waals surface area contributed by atoms with E-state index in [4.69, 9.17) is 9.57 Å². The Hall–Kier alpha value is -2.61. The Morgan fingerprint density at radius 1 is 1.12 bits per heavy atom. The summed E-state index contributed by atoms with van der Waals surface area (Å²) >= 11 is 0. The molecule has 1 amide bonds. The van der Waals surface area contributed by atoms with E-state index in [1.807, 2.05) is 0 Å². The van der Waals surface area contributed by atoms with Gasteiger partial charge in [0.25, 0.3) is 0 Å². The summed E-state index contributed by atoms with van der Waals surface area (Å²) in [5, 5.41) is 10.7. The van der Waals surface area contributed by atoms with Gasteiger partial charge in [0, 0.05) is 6.54 Å². The summed E-state index contributed by atoms with van der Waals surface area (Å²) in [5.41, 5.74) is -0.360. The fourth-order valence-electron chi connectivity index (χ4n) is 2.34. The molecule has 1 N–H and O–H groups in total. The van der Waals surface area contributed by atoms with Gasteiger partial charge in [-0.25, -0.2) is 14.4 Å². The number of rotatable bonds is 3. The van der Waals surface area contributed by atoms with Crippen molar-refractivity contribution in [2.45, 2.75) is 32.4 Å². The van der Waals surface area contributed by atoms with Gasteiger partial charge in [0.1, 0.15) is 11.6 Å². The molecule has 1 fully saturated rings. The Bertz CT molecular complexity index is 640. The number of carbonyl (C=O) groups excluding carboxylic acids is 2. The Balaban J connectivity index is 2.02. The summed E-state index contributed by atoms with van der Waals surface area (Å²) < 4.78 is 5.24. The Morgan fingerprint density at radius 3 is 2.32 bits per heavy atom. The highest BCUT2D eigenvalue weighted by Gasteiger charge is 2.39. The molecule has 1 heterocycles. The summed E-state index contributed by atoms with van der Waals surface area (Å²) in [4.78, 5) is 42.2. The van der Waals surface area contributed by atoms with Crippen molar-refractivity contribution in [1.82, 2.24) is 9.96 Å². The van der Waals surface area contributed by atoms with Gasteiger partial charge in [-0.1, -0.05) is 18.2 Å². The number of ether oxygens (including phenoxy) is 1. The van der Waals surface area contributed by atoms with Gasteiger partial charge in [0.05, 0.1) is 18.7 Å². The van der Waals surface area contributed by atoms with Gasteiger partial charge < -0.3 is 14.7 Å². The van der Waals surface area contributed by atoms with Gasteiger partial charge in [-0.05, 0) is 32.9 Å². The zero-order valence-electron chi connectivity index (χ0n) is 14.5. The summed E-state index contributed by atoms with van der Waals surface area (Å²) in [7, 11) is 0. The summed E-state index contributed by atoms with van der Waals surface area (Å²) in [6.45, 7) is 5.26. The molecule has 25 heavy (non-hydrogen) atoms. The third kappa shape index (κ3) is 5.18. The number of carboxylic acid groups (broad SMARTS) is 1. The lowest BCUT2D eigenvalue weighted by molar-refractivity contribution is -0.165. The van der Waals surface area contributed by atoms with Crippen molar-refractivity contribution < 1.29 is 29.1 Å². The third-order valence-electron chi connectivity index (χ3n) is 3.48. The number of carboxylic acids is 1. The van der Waals surface area contributed by atoms with Crippen LogP contribution in [0, 0.1) is 0 Å². The first-order chi connectivity index (χ1) is 11.7. The maximum absolute atomic E-state index is 12.2. The van der Waals surface area contributed by atoms with Gasteiger partial charge >= 0.3 is 18.0 Å². The number of amides is 1. The van der Waals surface area contributed by atoms with Crippen molar-refractivity contribution in [3.05, 3.63) is 35.9 Å². The minimum atomic E-state index is -1.19. The Labute approximate surface area is 145 Å². The lowest BCUT2D eigenvalue weighted by Gasteiger charge is -2.38. The molecule has 1 atom stereocenters. The van der Waals surface area contributed by atoms with E-state index in [-0.39, 0.29) is 19.6 Å². The topological polar surface area (TPSA) is 96.4 Å². The van der Waals surface area contributed by atoms with Crippen molar-refractivity contribution in [2.24, 2.45) is 0 Å². The average molecular weight is 350 g/mol. The molecule has 1 saturated heterocycles. The minimum absolute atomic E-state index is 0.0773. The van der Waals surface area contributed by atoms with Gasteiger partial charge in [0.2, 0.25) is 0 Å². The van der Waals surface area contributed by atoms with Gasteiger partial charge in [-0.15, -0.1) is 5.06 Å². The fourth-order valence-corrected chi connectivity index (χ4v) is 2.34. The van der Waals surface area contributed by atoms with Crippen LogP contribution in [0.15, 0.2) is 30.3 Å². The number of benzene rings is 1. The SMILES string of the molecule is CC(C)(C)OC(=O)N1CCN(OC(=O)c2ccccc2)C[C@@H]1C(=O)O. The van der Waals surface area contributed by atoms with Crippen molar-refractivity contribution in [2.75, 3.05) is 19.6 Å². The van der Waals surface area contributed by atoms with E-state index in [2.05, 4.69) is 0 Å². The first-order valence-electron chi connectivity index (χ1n) is 7.92. The number of aliphatic carboxylic acids is 1. The molecule has 1 aromatic rings. The van der Waals surface area contributed by atoms with Gasteiger partial charge in [0.15, 0.2) is 0 Å². The van der Waals surface area contributed by atoms with Crippen LogP contribution in [0.1, 0.15) is 31.1 Å². The normalized spacial score (nSPS) is 18.5. The largest absolute Gasteiger partial charge is 0.480 e. The third-order valence-corrected chi connectivity index (χ3v) is 3.48. The van der Waals surface area contributed by atoms with Crippen LogP contribution in [0.5, 0.6) is 0 Å². The van der Waals surface area contributed by atoms with Crippen molar-refractivity contribution >= 4 is 18.0 Å². The first-order valence-corrected chi connectivity index (χ1v) is 7.92. The molecule has 8 nitrogen and oxygen atoms in total. The predicted octanol–water partition coefficient (Wildman–Crippen LogP) is 1.76. The van der Waals surface area contributed by atoms with Crippen LogP contribution in [-0.2, 0) is 14.4 Å². The van der Waals surface area contributed by atoms with E-state index in [0.29, 0.717) is 5.56 Å². The number of hydrogen-bond donors (Lipinski definition) is 1. The molecule has 136 valence electrons. The standard InChI is InChI=1S/C17H22N2O6/c1-17(2,3)24-16(23)19-10-9-18(11-13(19)14(20)21)25-15(22)12-7-5-4-6-8-12/h4-8,13H,9-11H2,1-3H3,(H,20,21)/t13-/m1/s1. The molecule has 0 bridgehead atoms. The van der Waals surface area contributed by atoms with Crippen LogP contribution in [0.25, 0.3) is 0 Å². The van der Waals surface area contributed by atoms with Crippen LogP contribution in [0.3, 0.4) is 0 Å². The Kier molecular flexibility index (Phi) is 5.63. The molecule has 2 rings (SSSR count). The molecule has 0 aromatic heterocycles. The summed E-state index contributed by atoms with van der Waals surface area (Å²) in [5.74, 6) is -1.76.